The SMILES string of the molecule is CC(=O)OCCOc1cc(F)c(C=O)c(F)c1. The third kappa shape index (κ3) is 3.82. The molecule has 1 rings (SSSR count). The van der Waals surface area contributed by atoms with E-state index in [1.807, 2.05) is 0 Å². The summed E-state index contributed by atoms with van der Waals surface area (Å²) in [5.41, 5.74) is -0.641. The topological polar surface area (TPSA) is 52.6 Å². The largest absolute Gasteiger partial charge is 0.490 e. The van der Waals surface area contributed by atoms with E-state index < -0.39 is 23.2 Å². The van der Waals surface area contributed by atoms with Gasteiger partial charge >= 0.3 is 5.97 Å². The van der Waals surface area contributed by atoms with Crippen LogP contribution in [0.15, 0.2) is 12.1 Å². The molecular weight excluding hydrogens is 234 g/mol. The van der Waals surface area contributed by atoms with Crippen molar-refractivity contribution in [2.45, 2.75) is 6.92 Å². The van der Waals surface area contributed by atoms with Crippen LogP contribution in [0.1, 0.15) is 17.3 Å². The monoisotopic (exact) mass is 244 g/mol. The number of esters is 1. The van der Waals surface area contributed by atoms with Crippen molar-refractivity contribution in [3.63, 3.8) is 0 Å². The normalized spacial score (nSPS) is 9.82. The molecule has 0 aromatic heterocycles. The Bertz CT molecular complexity index is 408. The van der Waals surface area contributed by atoms with Crippen molar-refractivity contribution in [2.24, 2.45) is 0 Å². The van der Waals surface area contributed by atoms with E-state index in [-0.39, 0.29) is 25.2 Å². The highest BCUT2D eigenvalue weighted by molar-refractivity contribution is 5.76. The Labute approximate surface area is 96.1 Å². The highest BCUT2D eigenvalue weighted by atomic mass is 19.1. The standard InChI is InChI=1S/C11H10F2O4/c1-7(15)16-2-3-17-8-4-10(12)9(6-14)11(13)5-8/h4-6H,2-3H2,1H3. The van der Waals surface area contributed by atoms with Gasteiger partial charge in [0.15, 0.2) is 6.29 Å². The molecule has 0 aliphatic rings. The molecule has 0 saturated heterocycles. The van der Waals surface area contributed by atoms with Gasteiger partial charge in [0.1, 0.15) is 30.6 Å². The van der Waals surface area contributed by atoms with E-state index in [1.54, 1.807) is 0 Å². The van der Waals surface area contributed by atoms with E-state index in [4.69, 9.17) is 4.74 Å². The first-order valence-corrected chi connectivity index (χ1v) is 4.75. The van der Waals surface area contributed by atoms with E-state index in [2.05, 4.69) is 4.74 Å². The minimum Gasteiger partial charge on any atom is -0.490 e. The lowest BCUT2D eigenvalue weighted by molar-refractivity contribution is -0.141. The molecule has 0 N–H and O–H groups in total. The van der Waals surface area contributed by atoms with Crippen molar-refractivity contribution in [3.8, 4) is 5.75 Å². The fourth-order valence-electron chi connectivity index (χ4n) is 1.10. The van der Waals surface area contributed by atoms with E-state index in [0.29, 0.717) is 0 Å². The minimum atomic E-state index is -0.998. The van der Waals surface area contributed by atoms with Gasteiger partial charge in [-0.3, -0.25) is 9.59 Å². The molecule has 17 heavy (non-hydrogen) atoms. The molecule has 0 spiro atoms. The average molecular weight is 244 g/mol. The number of benzene rings is 1. The Balaban J connectivity index is 2.61. The molecule has 0 radical (unpaired) electrons. The van der Waals surface area contributed by atoms with Gasteiger partial charge in [-0.15, -0.1) is 0 Å². The molecule has 0 fully saturated rings. The molecule has 6 heteroatoms. The average Bonchev–Trinajstić information content (AvgIpc) is 2.24. The summed E-state index contributed by atoms with van der Waals surface area (Å²) in [5.74, 6) is -2.54. The number of carbonyl (C=O) groups excluding carboxylic acids is 2. The molecule has 0 aliphatic heterocycles. The van der Waals surface area contributed by atoms with Gasteiger partial charge in [0.2, 0.25) is 0 Å². The summed E-state index contributed by atoms with van der Waals surface area (Å²) in [5, 5.41) is 0. The lowest BCUT2D eigenvalue weighted by Crippen LogP contribution is -2.10. The van der Waals surface area contributed by atoms with Crippen LogP contribution < -0.4 is 4.74 Å². The molecule has 0 heterocycles. The second-order valence-corrected chi connectivity index (χ2v) is 3.11. The van der Waals surface area contributed by atoms with Gasteiger partial charge < -0.3 is 9.47 Å². The van der Waals surface area contributed by atoms with Crippen molar-refractivity contribution in [1.29, 1.82) is 0 Å². The Kier molecular flexibility index (Phi) is 4.56. The van der Waals surface area contributed by atoms with Crippen LogP contribution in [0.4, 0.5) is 8.78 Å². The van der Waals surface area contributed by atoms with Crippen LogP contribution in [0.2, 0.25) is 0 Å². The van der Waals surface area contributed by atoms with Gasteiger partial charge in [-0.1, -0.05) is 0 Å². The predicted octanol–water partition coefficient (Wildman–Crippen LogP) is 1.72. The second kappa shape index (κ2) is 5.93. The lowest BCUT2D eigenvalue weighted by Gasteiger charge is -2.07. The van der Waals surface area contributed by atoms with Gasteiger partial charge in [0.05, 0.1) is 5.56 Å². The number of halogens is 2. The van der Waals surface area contributed by atoms with Crippen LogP contribution in [0.25, 0.3) is 0 Å². The van der Waals surface area contributed by atoms with E-state index >= 15 is 0 Å². The predicted molar refractivity (Wildman–Crippen MR) is 53.9 cm³/mol. The van der Waals surface area contributed by atoms with Crippen LogP contribution in [-0.2, 0) is 9.53 Å². The summed E-state index contributed by atoms with van der Waals surface area (Å²) in [6, 6.07) is 1.78. The molecular formula is C11H10F2O4. The summed E-state index contributed by atoms with van der Waals surface area (Å²) in [6.45, 7) is 1.19. The maximum absolute atomic E-state index is 13.1. The lowest BCUT2D eigenvalue weighted by atomic mass is 10.2. The van der Waals surface area contributed by atoms with Gasteiger partial charge in [0, 0.05) is 19.1 Å². The Morgan fingerprint density at radius 3 is 2.35 bits per heavy atom. The van der Waals surface area contributed by atoms with Crippen molar-refractivity contribution in [3.05, 3.63) is 29.3 Å². The third-order valence-electron chi connectivity index (χ3n) is 1.83. The fraction of sp³-hybridized carbons (Fsp3) is 0.273. The molecule has 0 unspecified atom stereocenters. The van der Waals surface area contributed by atoms with Crippen LogP contribution in [-0.4, -0.2) is 25.5 Å². The molecule has 92 valence electrons. The van der Waals surface area contributed by atoms with Crippen molar-refractivity contribution in [1.82, 2.24) is 0 Å². The maximum atomic E-state index is 13.1. The molecule has 0 bridgehead atoms. The Morgan fingerprint density at radius 1 is 1.29 bits per heavy atom. The maximum Gasteiger partial charge on any atom is 0.302 e. The molecule has 4 nitrogen and oxygen atoms in total. The fourth-order valence-corrected chi connectivity index (χ4v) is 1.10. The van der Waals surface area contributed by atoms with Gasteiger partial charge in [-0.05, 0) is 0 Å². The summed E-state index contributed by atoms with van der Waals surface area (Å²) < 4.78 is 35.7. The molecule has 0 atom stereocenters. The Hall–Kier alpha value is -1.98. The summed E-state index contributed by atoms with van der Waals surface area (Å²) in [4.78, 5) is 20.7. The highest BCUT2D eigenvalue weighted by Crippen LogP contribution is 2.19. The van der Waals surface area contributed by atoms with Crippen molar-refractivity contribution < 1.29 is 27.8 Å². The van der Waals surface area contributed by atoms with E-state index in [1.165, 1.54) is 6.92 Å². The Morgan fingerprint density at radius 2 is 1.88 bits per heavy atom. The first-order valence-electron chi connectivity index (χ1n) is 4.75. The number of hydrogen-bond donors (Lipinski definition) is 0. The number of rotatable bonds is 5. The van der Waals surface area contributed by atoms with Crippen molar-refractivity contribution in [2.75, 3.05) is 13.2 Å². The van der Waals surface area contributed by atoms with Crippen molar-refractivity contribution >= 4 is 12.3 Å². The number of aldehydes is 1. The van der Waals surface area contributed by atoms with E-state index in [0.717, 1.165) is 12.1 Å². The number of hydrogen-bond acceptors (Lipinski definition) is 4. The molecule has 1 aromatic rings. The zero-order valence-electron chi connectivity index (χ0n) is 9.04. The zero-order valence-corrected chi connectivity index (χ0v) is 9.04. The third-order valence-corrected chi connectivity index (χ3v) is 1.83. The van der Waals surface area contributed by atoms with Gasteiger partial charge in [-0.2, -0.15) is 0 Å². The molecule has 0 amide bonds. The van der Waals surface area contributed by atoms with Crippen LogP contribution in [0, 0.1) is 11.6 Å². The number of ether oxygens (including phenoxy) is 2. The van der Waals surface area contributed by atoms with Crippen LogP contribution >= 0.6 is 0 Å². The van der Waals surface area contributed by atoms with Crippen LogP contribution in [0.3, 0.4) is 0 Å². The quantitative estimate of drug-likeness (QED) is 0.449. The first kappa shape index (κ1) is 13.1. The molecule has 0 saturated carbocycles. The van der Waals surface area contributed by atoms with Gasteiger partial charge in [-0.25, -0.2) is 8.78 Å². The number of carbonyl (C=O) groups is 2. The summed E-state index contributed by atoms with van der Waals surface area (Å²) >= 11 is 0. The first-order chi connectivity index (χ1) is 8.04. The summed E-state index contributed by atoms with van der Waals surface area (Å²) in [7, 11) is 0. The highest BCUT2D eigenvalue weighted by Gasteiger charge is 2.10. The minimum absolute atomic E-state index is 0.0198. The van der Waals surface area contributed by atoms with Crippen LogP contribution in [0.5, 0.6) is 5.75 Å². The smallest absolute Gasteiger partial charge is 0.302 e. The summed E-state index contributed by atoms with van der Waals surface area (Å²) in [6.07, 6.45) is 0.0906. The second-order valence-electron chi connectivity index (χ2n) is 3.11. The molecule has 0 aliphatic carbocycles. The van der Waals surface area contributed by atoms with Gasteiger partial charge in [0.25, 0.3) is 0 Å². The van der Waals surface area contributed by atoms with E-state index in [9.17, 15) is 18.4 Å². The zero-order chi connectivity index (χ0) is 12.8. The molecule has 1 aromatic carbocycles.